The molecule has 22 heavy (non-hydrogen) atoms. The van der Waals surface area contributed by atoms with Gasteiger partial charge in [0.15, 0.2) is 5.96 Å². The van der Waals surface area contributed by atoms with E-state index in [2.05, 4.69) is 37.1 Å². The highest BCUT2D eigenvalue weighted by Gasteiger charge is 2.00. The van der Waals surface area contributed by atoms with Crippen molar-refractivity contribution in [2.24, 2.45) is 4.99 Å². The highest BCUT2D eigenvalue weighted by Crippen LogP contribution is 2.10. The molecule has 0 fully saturated rings. The molecule has 2 heterocycles. The average Bonchev–Trinajstić information content (AvgIpc) is 3.13. The van der Waals surface area contributed by atoms with Gasteiger partial charge in [-0.05, 0) is 13.3 Å². The summed E-state index contributed by atoms with van der Waals surface area (Å²) in [5, 5.41) is 7.78. The van der Waals surface area contributed by atoms with Crippen LogP contribution in [0.1, 0.15) is 16.3 Å². The van der Waals surface area contributed by atoms with Gasteiger partial charge in [-0.25, -0.2) is 9.97 Å². The van der Waals surface area contributed by atoms with E-state index < -0.39 is 0 Å². The number of imidazole rings is 1. The minimum absolute atomic E-state index is 0. The largest absolute Gasteiger partial charge is 0.356 e. The Morgan fingerprint density at radius 2 is 2.18 bits per heavy atom. The highest BCUT2D eigenvalue weighted by atomic mass is 127. The second kappa shape index (κ2) is 10.5. The molecule has 0 radical (unpaired) electrons. The van der Waals surface area contributed by atoms with Crippen LogP contribution in [0, 0.1) is 6.92 Å². The normalized spacial score (nSPS) is 11.1. The molecule has 0 aliphatic rings. The van der Waals surface area contributed by atoms with Crippen LogP contribution in [0.3, 0.4) is 0 Å². The number of nitrogens with one attached hydrogen (secondary N) is 2. The Bertz CT molecular complexity index is 551. The van der Waals surface area contributed by atoms with E-state index in [1.165, 1.54) is 4.88 Å². The highest BCUT2D eigenvalue weighted by molar-refractivity contribution is 14.0. The van der Waals surface area contributed by atoms with E-state index in [4.69, 9.17) is 0 Å². The number of halogens is 1. The van der Waals surface area contributed by atoms with Gasteiger partial charge in [0, 0.05) is 56.6 Å². The lowest BCUT2D eigenvalue weighted by Gasteiger charge is -2.11. The molecule has 2 N–H and O–H groups in total. The van der Waals surface area contributed by atoms with Crippen molar-refractivity contribution < 1.29 is 0 Å². The maximum atomic E-state index is 4.35. The van der Waals surface area contributed by atoms with Crippen molar-refractivity contribution in [3.05, 3.63) is 34.8 Å². The lowest BCUT2D eigenvalue weighted by Crippen LogP contribution is -2.38. The lowest BCUT2D eigenvalue weighted by atomic mass is 10.4. The van der Waals surface area contributed by atoms with E-state index in [0.29, 0.717) is 0 Å². The molecule has 2 aromatic rings. The van der Waals surface area contributed by atoms with E-state index >= 15 is 0 Å². The molecule has 8 heteroatoms. The van der Waals surface area contributed by atoms with Gasteiger partial charge < -0.3 is 15.2 Å². The van der Waals surface area contributed by atoms with Crippen molar-refractivity contribution >= 4 is 41.3 Å². The van der Waals surface area contributed by atoms with Gasteiger partial charge in [0.2, 0.25) is 0 Å². The Morgan fingerprint density at radius 1 is 1.36 bits per heavy atom. The molecule has 0 amide bonds. The zero-order chi connectivity index (χ0) is 14.9. The zero-order valence-corrected chi connectivity index (χ0v) is 16.1. The molecule has 0 saturated heterocycles. The predicted octanol–water partition coefficient (Wildman–Crippen LogP) is 2.06. The summed E-state index contributed by atoms with van der Waals surface area (Å²) in [6.07, 6.45) is 9.49. The summed E-state index contributed by atoms with van der Waals surface area (Å²) in [5.41, 5.74) is 0. The van der Waals surface area contributed by atoms with E-state index in [1.54, 1.807) is 24.6 Å². The zero-order valence-electron chi connectivity index (χ0n) is 13.0. The third-order valence-corrected chi connectivity index (χ3v) is 3.94. The number of aromatic nitrogens is 3. The van der Waals surface area contributed by atoms with Gasteiger partial charge in [-0.1, -0.05) is 0 Å². The SMILES string of the molecule is CN=C(NCCCn1ccnc1)NCCc1ncc(C)s1.I. The van der Waals surface area contributed by atoms with Crippen LogP contribution >= 0.6 is 35.3 Å². The van der Waals surface area contributed by atoms with Gasteiger partial charge in [0.1, 0.15) is 0 Å². The van der Waals surface area contributed by atoms with Crippen LogP contribution in [0.2, 0.25) is 0 Å². The van der Waals surface area contributed by atoms with Gasteiger partial charge in [-0.15, -0.1) is 35.3 Å². The molecule has 0 saturated carbocycles. The first-order valence-corrected chi connectivity index (χ1v) is 7.91. The Balaban J connectivity index is 0.00000242. The standard InChI is InChI=1S/C14H22N6S.HI/c1-12-10-19-13(21-12)4-6-18-14(15-2)17-5-3-8-20-9-7-16-11-20;/h7,9-11H,3-6,8H2,1-2H3,(H2,15,17,18);1H. The van der Waals surface area contributed by atoms with Crippen LogP contribution in [-0.4, -0.2) is 40.6 Å². The first kappa shape index (κ1) is 18.9. The molecular formula is C14H23IN6S. The molecule has 2 rings (SSSR count). The minimum atomic E-state index is 0. The maximum Gasteiger partial charge on any atom is 0.190 e. The maximum absolute atomic E-state index is 4.35. The number of hydrogen-bond donors (Lipinski definition) is 2. The van der Waals surface area contributed by atoms with Crippen molar-refractivity contribution in [2.45, 2.75) is 26.3 Å². The molecule has 122 valence electrons. The summed E-state index contributed by atoms with van der Waals surface area (Å²) in [7, 11) is 1.79. The summed E-state index contributed by atoms with van der Waals surface area (Å²) in [6, 6.07) is 0. The fraction of sp³-hybridized carbons (Fsp3) is 0.500. The topological polar surface area (TPSA) is 67.1 Å². The quantitative estimate of drug-likeness (QED) is 0.303. The second-order valence-corrected chi connectivity index (χ2v) is 6.01. The third kappa shape index (κ3) is 6.73. The van der Waals surface area contributed by atoms with Gasteiger partial charge in [-0.3, -0.25) is 4.99 Å². The van der Waals surface area contributed by atoms with Crippen LogP contribution in [-0.2, 0) is 13.0 Å². The fourth-order valence-electron chi connectivity index (χ4n) is 1.91. The number of hydrogen-bond acceptors (Lipinski definition) is 4. The molecule has 0 aliphatic heterocycles. The summed E-state index contributed by atoms with van der Waals surface area (Å²) >= 11 is 1.75. The molecule has 0 unspecified atom stereocenters. The average molecular weight is 434 g/mol. The van der Waals surface area contributed by atoms with Crippen LogP contribution in [0.25, 0.3) is 0 Å². The van der Waals surface area contributed by atoms with E-state index in [1.807, 2.05) is 18.7 Å². The molecule has 2 aromatic heterocycles. The van der Waals surface area contributed by atoms with Gasteiger partial charge in [-0.2, -0.15) is 0 Å². The summed E-state index contributed by atoms with van der Waals surface area (Å²) in [4.78, 5) is 13.9. The van der Waals surface area contributed by atoms with Crippen molar-refractivity contribution in [2.75, 3.05) is 20.1 Å². The van der Waals surface area contributed by atoms with E-state index in [0.717, 1.165) is 43.4 Å². The van der Waals surface area contributed by atoms with E-state index in [-0.39, 0.29) is 24.0 Å². The Labute approximate surface area is 152 Å². The third-order valence-electron chi connectivity index (χ3n) is 2.97. The smallest absolute Gasteiger partial charge is 0.190 e. The molecule has 0 bridgehead atoms. The monoisotopic (exact) mass is 434 g/mol. The Hall–Kier alpha value is -1.16. The number of nitrogens with zero attached hydrogens (tertiary/aromatic N) is 4. The predicted molar refractivity (Wildman–Crippen MR) is 102 cm³/mol. The van der Waals surface area contributed by atoms with Gasteiger partial charge in [0.25, 0.3) is 0 Å². The molecule has 0 aromatic carbocycles. The van der Waals surface area contributed by atoms with Crippen molar-refractivity contribution in [3.8, 4) is 0 Å². The van der Waals surface area contributed by atoms with Crippen molar-refractivity contribution in [3.63, 3.8) is 0 Å². The Morgan fingerprint density at radius 3 is 2.82 bits per heavy atom. The van der Waals surface area contributed by atoms with Gasteiger partial charge in [0.05, 0.1) is 11.3 Å². The summed E-state index contributed by atoms with van der Waals surface area (Å²) in [6.45, 7) is 4.76. The number of aliphatic imine (C=N–C) groups is 1. The van der Waals surface area contributed by atoms with E-state index in [9.17, 15) is 0 Å². The lowest BCUT2D eigenvalue weighted by molar-refractivity contribution is 0.624. The number of guanidine groups is 1. The molecule has 0 atom stereocenters. The minimum Gasteiger partial charge on any atom is -0.356 e. The molecular weight excluding hydrogens is 411 g/mol. The van der Waals surface area contributed by atoms with Crippen LogP contribution in [0.5, 0.6) is 0 Å². The van der Waals surface area contributed by atoms with Crippen molar-refractivity contribution in [1.82, 2.24) is 25.2 Å². The van der Waals surface area contributed by atoms with Crippen LogP contribution < -0.4 is 10.6 Å². The van der Waals surface area contributed by atoms with Crippen LogP contribution in [0.4, 0.5) is 0 Å². The Kier molecular flexibility index (Phi) is 9.05. The first-order chi connectivity index (χ1) is 10.3. The second-order valence-electron chi connectivity index (χ2n) is 4.69. The first-order valence-electron chi connectivity index (χ1n) is 7.09. The summed E-state index contributed by atoms with van der Waals surface area (Å²) < 4.78 is 2.07. The number of thiazole rings is 1. The summed E-state index contributed by atoms with van der Waals surface area (Å²) in [5.74, 6) is 0.842. The molecule has 0 aliphatic carbocycles. The molecule has 0 spiro atoms. The van der Waals surface area contributed by atoms with Gasteiger partial charge >= 0.3 is 0 Å². The van der Waals surface area contributed by atoms with Crippen molar-refractivity contribution in [1.29, 1.82) is 0 Å². The number of rotatable bonds is 7. The number of aryl methyl sites for hydroxylation is 2. The van der Waals surface area contributed by atoms with Crippen LogP contribution in [0.15, 0.2) is 29.9 Å². The fourth-order valence-corrected chi connectivity index (χ4v) is 2.70. The molecule has 6 nitrogen and oxygen atoms in total.